The number of para-hydroxylation sites is 1. The summed E-state index contributed by atoms with van der Waals surface area (Å²) in [7, 11) is -1.14. The lowest BCUT2D eigenvalue weighted by molar-refractivity contribution is 0.497. The number of hydrazone groups is 1. The molecule has 1 aromatic carbocycles. The molecular formula is C16H19ClN4O2S. The number of sulfone groups is 1. The van der Waals surface area contributed by atoms with Gasteiger partial charge in [-0.2, -0.15) is 10.2 Å². The van der Waals surface area contributed by atoms with Crippen molar-refractivity contribution in [1.82, 2.24) is 9.78 Å². The fraction of sp³-hybridized carbons (Fsp3) is 0.375. The minimum atomic E-state index is -2.99. The first kappa shape index (κ1) is 17.0. The molecule has 1 atom stereocenters. The van der Waals surface area contributed by atoms with Gasteiger partial charge >= 0.3 is 0 Å². The Bertz CT molecular complexity index is 862. The van der Waals surface area contributed by atoms with E-state index in [2.05, 4.69) is 10.2 Å². The van der Waals surface area contributed by atoms with Crippen LogP contribution in [0.3, 0.4) is 0 Å². The third-order valence-corrected chi connectivity index (χ3v) is 6.24. The molecule has 0 saturated carbocycles. The van der Waals surface area contributed by atoms with Gasteiger partial charge in [-0.3, -0.25) is 5.01 Å². The number of rotatable bonds is 4. The van der Waals surface area contributed by atoms with Gasteiger partial charge in [0.1, 0.15) is 5.15 Å². The summed E-state index contributed by atoms with van der Waals surface area (Å²) in [6, 6.07) is 9.55. The second-order valence-electron chi connectivity index (χ2n) is 5.90. The highest BCUT2D eigenvalue weighted by atomic mass is 35.5. The van der Waals surface area contributed by atoms with Crippen molar-refractivity contribution in [3.63, 3.8) is 0 Å². The quantitative estimate of drug-likeness (QED) is 0.616. The maximum Gasteiger partial charge on any atom is 0.152 e. The Hall–Kier alpha value is -1.86. The first-order valence-electron chi connectivity index (χ1n) is 7.65. The van der Waals surface area contributed by atoms with E-state index in [9.17, 15) is 8.42 Å². The molecule has 1 aromatic heterocycles. The van der Waals surface area contributed by atoms with Crippen LogP contribution in [0.2, 0.25) is 5.15 Å². The van der Waals surface area contributed by atoms with Crippen LogP contribution in [0, 0.1) is 6.92 Å². The second kappa shape index (κ2) is 6.57. The van der Waals surface area contributed by atoms with Crippen LogP contribution >= 0.6 is 11.6 Å². The van der Waals surface area contributed by atoms with Gasteiger partial charge in [-0.25, -0.2) is 13.1 Å². The SMILES string of the molecule is Cc1nn([C@H]2CCS(=O)(=O)C2)c(Cl)c1/C=N\N(C)c1ccccc1. The Morgan fingerprint density at radius 2 is 2.08 bits per heavy atom. The summed E-state index contributed by atoms with van der Waals surface area (Å²) in [5.41, 5.74) is 2.40. The van der Waals surface area contributed by atoms with Crippen LogP contribution in [-0.4, -0.2) is 43.0 Å². The summed E-state index contributed by atoms with van der Waals surface area (Å²) in [5, 5.41) is 11.0. The molecule has 0 N–H and O–H groups in total. The summed E-state index contributed by atoms with van der Waals surface area (Å²) >= 11 is 6.43. The first-order chi connectivity index (χ1) is 11.4. The standard InChI is InChI=1S/C16H19ClN4O2S/c1-12-15(10-18-20(2)13-6-4-3-5-7-13)16(17)21(19-12)14-8-9-24(22,23)11-14/h3-7,10,14H,8-9,11H2,1-2H3/b18-10-/t14-/m0/s1. The number of hydrogen-bond acceptors (Lipinski definition) is 5. The van der Waals surface area contributed by atoms with Crippen LogP contribution < -0.4 is 5.01 Å². The first-order valence-corrected chi connectivity index (χ1v) is 9.85. The van der Waals surface area contributed by atoms with E-state index in [4.69, 9.17) is 11.6 Å². The van der Waals surface area contributed by atoms with E-state index in [-0.39, 0.29) is 17.5 Å². The van der Waals surface area contributed by atoms with Gasteiger partial charge in [0.2, 0.25) is 0 Å². The number of hydrogen-bond donors (Lipinski definition) is 0. The van der Waals surface area contributed by atoms with Crippen LogP contribution in [0.5, 0.6) is 0 Å². The smallest absolute Gasteiger partial charge is 0.152 e. The largest absolute Gasteiger partial charge is 0.269 e. The van der Waals surface area contributed by atoms with E-state index in [1.165, 1.54) is 0 Å². The van der Waals surface area contributed by atoms with E-state index in [0.29, 0.717) is 17.1 Å². The lowest BCUT2D eigenvalue weighted by atomic mass is 10.2. The van der Waals surface area contributed by atoms with Gasteiger partial charge in [-0.1, -0.05) is 29.8 Å². The van der Waals surface area contributed by atoms with Crippen molar-refractivity contribution in [3.05, 3.63) is 46.7 Å². The normalized spacial score (nSPS) is 19.9. The molecule has 1 aliphatic rings. The lowest BCUT2D eigenvalue weighted by Gasteiger charge is -2.12. The zero-order valence-corrected chi connectivity index (χ0v) is 15.1. The maximum atomic E-state index is 11.7. The van der Waals surface area contributed by atoms with Crippen LogP contribution in [0.4, 0.5) is 5.69 Å². The highest BCUT2D eigenvalue weighted by molar-refractivity contribution is 7.91. The molecule has 0 spiro atoms. The Morgan fingerprint density at radius 3 is 2.71 bits per heavy atom. The van der Waals surface area contributed by atoms with E-state index in [1.54, 1.807) is 15.9 Å². The number of benzene rings is 1. The Labute approximate surface area is 146 Å². The molecule has 2 aromatic rings. The predicted octanol–water partition coefficient (Wildman–Crippen LogP) is 2.67. The molecule has 1 fully saturated rings. The highest BCUT2D eigenvalue weighted by Gasteiger charge is 2.31. The van der Waals surface area contributed by atoms with Gasteiger partial charge in [0.05, 0.1) is 40.7 Å². The fourth-order valence-electron chi connectivity index (χ4n) is 2.74. The highest BCUT2D eigenvalue weighted by Crippen LogP contribution is 2.29. The van der Waals surface area contributed by atoms with Crippen LogP contribution in [-0.2, 0) is 9.84 Å². The summed E-state index contributed by atoms with van der Waals surface area (Å²) in [5.74, 6) is 0.279. The molecule has 0 radical (unpaired) electrons. The van der Waals surface area contributed by atoms with Crippen molar-refractivity contribution in [1.29, 1.82) is 0 Å². The molecule has 1 aliphatic heterocycles. The fourth-order valence-corrected chi connectivity index (χ4v) is 4.80. The van der Waals surface area contributed by atoms with Crippen molar-refractivity contribution in [2.75, 3.05) is 23.6 Å². The van der Waals surface area contributed by atoms with Gasteiger partial charge in [-0.05, 0) is 25.5 Å². The third kappa shape index (κ3) is 3.47. The molecule has 0 unspecified atom stereocenters. The molecule has 0 amide bonds. The van der Waals surface area contributed by atoms with Gasteiger partial charge < -0.3 is 0 Å². The molecule has 6 nitrogen and oxygen atoms in total. The van der Waals surface area contributed by atoms with Crippen LogP contribution in [0.15, 0.2) is 35.4 Å². The minimum Gasteiger partial charge on any atom is -0.269 e. The molecule has 0 aliphatic carbocycles. The zero-order chi connectivity index (χ0) is 17.3. The van der Waals surface area contributed by atoms with Crippen molar-refractivity contribution in [2.24, 2.45) is 5.10 Å². The lowest BCUT2D eigenvalue weighted by Crippen LogP contribution is -2.12. The molecule has 2 heterocycles. The summed E-state index contributed by atoms with van der Waals surface area (Å²) in [6.45, 7) is 1.84. The molecule has 0 bridgehead atoms. The zero-order valence-electron chi connectivity index (χ0n) is 13.6. The predicted molar refractivity (Wildman–Crippen MR) is 96.7 cm³/mol. The van der Waals surface area contributed by atoms with Crippen LogP contribution in [0.25, 0.3) is 0 Å². The summed E-state index contributed by atoms with van der Waals surface area (Å²) in [4.78, 5) is 0. The van der Waals surface area contributed by atoms with Gasteiger partial charge in [-0.15, -0.1) is 0 Å². The molecule has 8 heteroatoms. The maximum absolute atomic E-state index is 11.7. The van der Waals surface area contributed by atoms with Crippen molar-refractivity contribution in [3.8, 4) is 0 Å². The van der Waals surface area contributed by atoms with Crippen LogP contribution in [0.1, 0.15) is 23.7 Å². The van der Waals surface area contributed by atoms with Crippen molar-refractivity contribution < 1.29 is 8.42 Å². The van der Waals surface area contributed by atoms with Gasteiger partial charge in [0.15, 0.2) is 9.84 Å². The van der Waals surface area contributed by atoms with E-state index >= 15 is 0 Å². The number of nitrogens with zero attached hydrogens (tertiary/aromatic N) is 4. The van der Waals surface area contributed by atoms with Crippen molar-refractivity contribution in [2.45, 2.75) is 19.4 Å². The molecule has 24 heavy (non-hydrogen) atoms. The number of aryl methyl sites for hydroxylation is 1. The topological polar surface area (TPSA) is 67.6 Å². The van der Waals surface area contributed by atoms with Gasteiger partial charge in [0.25, 0.3) is 0 Å². The molecule has 3 rings (SSSR count). The molecule has 1 saturated heterocycles. The van der Waals surface area contributed by atoms with E-state index in [0.717, 1.165) is 11.4 Å². The third-order valence-electron chi connectivity index (χ3n) is 4.12. The Morgan fingerprint density at radius 1 is 1.38 bits per heavy atom. The number of anilines is 1. The minimum absolute atomic E-state index is 0.0916. The molecule has 128 valence electrons. The Balaban J connectivity index is 1.83. The van der Waals surface area contributed by atoms with E-state index in [1.807, 2.05) is 44.3 Å². The summed E-state index contributed by atoms with van der Waals surface area (Å²) in [6.07, 6.45) is 2.21. The average molecular weight is 367 g/mol. The average Bonchev–Trinajstić information content (AvgIpc) is 3.05. The Kier molecular flexibility index (Phi) is 4.64. The number of aromatic nitrogens is 2. The van der Waals surface area contributed by atoms with Gasteiger partial charge in [0, 0.05) is 7.05 Å². The van der Waals surface area contributed by atoms with E-state index < -0.39 is 9.84 Å². The summed E-state index contributed by atoms with van der Waals surface area (Å²) < 4.78 is 25.0. The second-order valence-corrected chi connectivity index (χ2v) is 8.48. The monoisotopic (exact) mass is 366 g/mol. The number of halogens is 1. The van der Waals surface area contributed by atoms with Crippen molar-refractivity contribution >= 4 is 33.3 Å². The molecular weight excluding hydrogens is 348 g/mol.